The van der Waals surface area contributed by atoms with E-state index in [1.54, 1.807) is 135 Å². The zero-order valence-electron chi connectivity index (χ0n) is 32.4. The second-order valence-electron chi connectivity index (χ2n) is 13.5. The second-order valence-corrected chi connectivity index (χ2v) is 16.7. The maximum atomic E-state index is 14.9. The summed E-state index contributed by atoms with van der Waals surface area (Å²) in [7, 11) is -9.65. The van der Waals surface area contributed by atoms with Gasteiger partial charge in [-0.25, -0.2) is 9.13 Å². The normalized spacial score (nSPS) is 21.0. The molecule has 0 unspecified atom stereocenters. The van der Waals surface area contributed by atoms with Gasteiger partial charge < -0.3 is 19.7 Å². The molecule has 0 aromatic heterocycles. The van der Waals surface area contributed by atoms with Gasteiger partial charge in [-0.2, -0.15) is 0 Å². The summed E-state index contributed by atoms with van der Waals surface area (Å²) in [5.41, 5.74) is 2.36. The largest absolute Gasteiger partial charge is 0.475 e. The number of benzene rings is 4. The second kappa shape index (κ2) is 22.4. The minimum absolute atomic E-state index is 0.0882. The van der Waals surface area contributed by atoms with Crippen LogP contribution >= 0.6 is 15.6 Å². The third-order valence-electron chi connectivity index (χ3n) is 8.87. The molecule has 1 saturated carbocycles. The van der Waals surface area contributed by atoms with Crippen LogP contribution in [0.5, 0.6) is 0 Å². The molecule has 0 amide bonds. The molecule has 6 atom stereocenters. The monoisotopic (exact) mass is 840 g/mol. The maximum absolute atomic E-state index is 14.9. The molecule has 16 heteroatoms. The lowest BCUT2D eigenvalue weighted by Gasteiger charge is -2.46. The standard InChI is InChI=1S/C42H50O14P2/c1-3-17-35(43)53-39-37(45)38(46)40(55-57(47,49-27-31-19-9-5-10-20-31)50-28-32-21-11-6-12-22-32)42(41(39)54-36(44)18-4-2)56-58(48,51-29-33-23-13-7-14-24-33)52-30-34-25-15-8-16-26-34/h5-16,19-26,37-42,45-46H,3-4,17-18,27-30H2,1-2H3/t37-,38+,39+,40+,41-,42-/m1/s1. The number of hydrogen-bond donors (Lipinski definition) is 2. The molecule has 2 N–H and O–H groups in total. The SMILES string of the molecule is CCCC(=O)O[C@H]1[C@H](OP(=O)(OCc2ccccc2)OCc2ccccc2)[C@@H](OP(=O)(OCc2ccccc2)OCc2ccccc2)[C@@H](O)[C@@H](O)[C@@H]1OC(=O)CCC. The fourth-order valence-corrected chi connectivity index (χ4v) is 8.60. The molecule has 1 aliphatic carbocycles. The van der Waals surface area contributed by atoms with Crippen molar-refractivity contribution in [1.82, 2.24) is 0 Å². The average molecular weight is 841 g/mol. The number of aliphatic hydroxyl groups excluding tert-OH is 2. The van der Waals surface area contributed by atoms with Crippen LogP contribution in [0.25, 0.3) is 0 Å². The fourth-order valence-electron chi connectivity index (χ4n) is 5.90. The van der Waals surface area contributed by atoms with E-state index in [4.69, 9.17) is 36.6 Å². The molecule has 14 nitrogen and oxygen atoms in total. The molecule has 4 aromatic carbocycles. The van der Waals surface area contributed by atoms with Gasteiger partial charge in [0.25, 0.3) is 0 Å². The van der Waals surface area contributed by atoms with E-state index in [-0.39, 0.29) is 39.3 Å². The van der Waals surface area contributed by atoms with Crippen LogP contribution in [-0.2, 0) is 81.8 Å². The summed E-state index contributed by atoms with van der Waals surface area (Å²) in [6.45, 7) is 2.32. The van der Waals surface area contributed by atoms with E-state index in [1.165, 1.54) is 0 Å². The first-order valence-electron chi connectivity index (χ1n) is 19.1. The molecule has 4 aromatic rings. The van der Waals surface area contributed by atoms with Crippen molar-refractivity contribution in [2.24, 2.45) is 0 Å². The van der Waals surface area contributed by atoms with E-state index < -0.39 is 64.2 Å². The summed E-state index contributed by atoms with van der Waals surface area (Å²) in [5.74, 6) is -1.60. The summed E-state index contributed by atoms with van der Waals surface area (Å²) in [4.78, 5) is 26.2. The Labute approximate surface area is 338 Å². The van der Waals surface area contributed by atoms with Crippen LogP contribution in [0.3, 0.4) is 0 Å². The van der Waals surface area contributed by atoms with E-state index in [1.807, 2.05) is 0 Å². The van der Waals surface area contributed by atoms with Crippen molar-refractivity contribution >= 4 is 27.6 Å². The molecule has 0 spiro atoms. The van der Waals surface area contributed by atoms with Crippen LogP contribution in [0.15, 0.2) is 121 Å². The van der Waals surface area contributed by atoms with Gasteiger partial charge in [0.2, 0.25) is 0 Å². The summed E-state index contributed by atoms with van der Waals surface area (Å²) in [5, 5.41) is 23.4. The Morgan fingerprint density at radius 2 is 0.759 bits per heavy atom. The summed E-state index contributed by atoms with van der Waals surface area (Å²) < 4.78 is 76.8. The highest BCUT2D eigenvalue weighted by molar-refractivity contribution is 7.48. The van der Waals surface area contributed by atoms with Crippen molar-refractivity contribution in [3.8, 4) is 0 Å². The third-order valence-corrected chi connectivity index (χ3v) is 11.7. The Balaban J connectivity index is 1.58. The van der Waals surface area contributed by atoms with Gasteiger partial charge in [-0.1, -0.05) is 135 Å². The molecule has 1 aliphatic rings. The molecule has 58 heavy (non-hydrogen) atoms. The molecule has 5 rings (SSSR count). The Morgan fingerprint density at radius 1 is 0.466 bits per heavy atom. The Hall–Kier alpha value is -4.04. The van der Waals surface area contributed by atoms with Crippen molar-refractivity contribution in [3.05, 3.63) is 144 Å². The first-order chi connectivity index (χ1) is 28.0. The van der Waals surface area contributed by atoms with Gasteiger partial charge in [0, 0.05) is 12.8 Å². The lowest BCUT2D eigenvalue weighted by molar-refractivity contribution is -0.237. The zero-order chi connectivity index (χ0) is 41.4. The molecule has 0 radical (unpaired) electrons. The number of phosphoric acid groups is 2. The van der Waals surface area contributed by atoms with Crippen molar-refractivity contribution in [2.45, 2.75) is 103 Å². The minimum atomic E-state index is -4.84. The van der Waals surface area contributed by atoms with Gasteiger partial charge in [-0.3, -0.25) is 36.7 Å². The Kier molecular flexibility index (Phi) is 17.4. The zero-order valence-corrected chi connectivity index (χ0v) is 34.1. The van der Waals surface area contributed by atoms with Gasteiger partial charge >= 0.3 is 27.6 Å². The Bertz CT molecular complexity index is 1840. The number of carbonyl (C=O) groups is 2. The van der Waals surface area contributed by atoms with Crippen molar-refractivity contribution < 1.29 is 65.5 Å². The first-order valence-corrected chi connectivity index (χ1v) is 22.0. The number of phosphoric ester groups is 2. The molecular weight excluding hydrogens is 790 g/mol. The smallest absolute Gasteiger partial charge is 0.455 e. The number of rotatable bonds is 22. The van der Waals surface area contributed by atoms with Crippen molar-refractivity contribution in [2.75, 3.05) is 0 Å². The lowest BCUT2D eigenvalue weighted by Crippen LogP contribution is -2.66. The van der Waals surface area contributed by atoms with Crippen molar-refractivity contribution in [3.63, 3.8) is 0 Å². The van der Waals surface area contributed by atoms with Gasteiger partial charge in [-0.15, -0.1) is 0 Å². The number of carbonyl (C=O) groups excluding carboxylic acids is 2. The van der Waals surface area contributed by atoms with E-state index in [9.17, 15) is 28.9 Å². The minimum Gasteiger partial charge on any atom is -0.455 e. The molecule has 0 heterocycles. The maximum Gasteiger partial charge on any atom is 0.475 e. The Morgan fingerprint density at radius 3 is 1.09 bits per heavy atom. The molecule has 0 saturated heterocycles. The predicted molar refractivity (Wildman–Crippen MR) is 211 cm³/mol. The number of hydrogen-bond acceptors (Lipinski definition) is 14. The van der Waals surface area contributed by atoms with Crippen LogP contribution < -0.4 is 0 Å². The van der Waals surface area contributed by atoms with E-state index >= 15 is 0 Å². The predicted octanol–water partition coefficient (Wildman–Crippen LogP) is 8.00. The number of aliphatic hydroxyl groups is 2. The van der Waals surface area contributed by atoms with Crippen LogP contribution in [0.2, 0.25) is 0 Å². The van der Waals surface area contributed by atoms with E-state index in [2.05, 4.69) is 0 Å². The number of ether oxygens (including phenoxy) is 2. The quantitative estimate of drug-likeness (QED) is 0.0573. The van der Waals surface area contributed by atoms with Crippen LogP contribution in [0.4, 0.5) is 0 Å². The molecule has 312 valence electrons. The number of esters is 2. The van der Waals surface area contributed by atoms with E-state index in [0.717, 1.165) is 0 Å². The summed E-state index contributed by atoms with van der Waals surface area (Å²) >= 11 is 0. The summed E-state index contributed by atoms with van der Waals surface area (Å²) in [6.07, 6.45) is -11.2. The lowest BCUT2D eigenvalue weighted by atomic mass is 9.84. The highest BCUT2D eigenvalue weighted by Crippen LogP contribution is 2.58. The fraction of sp³-hybridized carbons (Fsp3) is 0.381. The summed E-state index contributed by atoms with van der Waals surface area (Å²) in [6, 6.07) is 34.9. The van der Waals surface area contributed by atoms with Gasteiger partial charge in [0.15, 0.2) is 12.2 Å². The van der Waals surface area contributed by atoms with Crippen molar-refractivity contribution in [1.29, 1.82) is 0 Å². The van der Waals surface area contributed by atoms with Gasteiger partial charge in [0.05, 0.1) is 26.4 Å². The van der Waals surface area contributed by atoms with Crippen LogP contribution in [0.1, 0.15) is 61.8 Å². The topological polar surface area (TPSA) is 183 Å². The molecular formula is C42H50O14P2. The highest BCUT2D eigenvalue weighted by atomic mass is 31.2. The molecule has 0 aliphatic heterocycles. The highest BCUT2D eigenvalue weighted by Gasteiger charge is 2.59. The van der Waals surface area contributed by atoms with Gasteiger partial charge in [0.1, 0.15) is 24.4 Å². The van der Waals surface area contributed by atoms with Gasteiger partial charge in [-0.05, 0) is 35.1 Å². The average Bonchev–Trinajstić information content (AvgIpc) is 3.24. The van der Waals surface area contributed by atoms with Crippen LogP contribution in [0, 0.1) is 0 Å². The molecule has 0 bridgehead atoms. The van der Waals surface area contributed by atoms with E-state index in [0.29, 0.717) is 35.1 Å². The third kappa shape index (κ3) is 13.5. The molecule has 1 fully saturated rings. The first kappa shape index (κ1) is 45.1. The van der Waals surface area contributed by atoms with Crippen LogP contribution in [-0.4, -0.2) is 58.8 Å².